The van der Waals surface area contributed by atoms with E-state index in [0.29, 0.717) is 47.4 Å². The predicted molar refractivity (Wildman–Crippen MR) is 183 cm³/mol. The van der Waals surface area contributed by atoms with E-state index in [9.17, 15) is 14.9 Å². The Morgan fingerprint density at radius 1 is 1.13 bits per heavy atom. The quantitative estimate of drug-likeness (QED) is 0.194. The van der Waals surface area contributed by atoms with E-state index in [1.165, 1.54) is 30.6 Å². The summed E-state index contributed by atoms with van der Waals surface area (Å²) in [6, 6.07) is 1.73. The van der Waals surface area contributed by atoms with Crippen LogP contribution in [0.3, 0.4) is 0 Å². The molecule has 46 heavy (non-hydrogen) atoms. The van der Waals surface area contributed by atoms with Gasteiger partial charge >= 0.3 is 0 Å². The Kier molecular flexibility index (Phi) is 12.8. The first-order chi connectivity index (χ1) is 22.0. The maximum absolute atomic E-state index is 14.4. The van der Waals surface area contributed by atoms with Crippen molar-refractivity contribution < 1.29 is 14.4 Å². The zero-order chi connectivity index (χ0) is 33.4. The smallest absolute Gasteiger partial charge is 0.255 e. The summed E-state index contributed by atoms with van der Waals surface area (Å²) in [6.45, 7) is 18.5. The summed E-state index contributed by atoms with van der Waals surface area (Å²) in [6.07, 6.45) is 10.6. The molecule has 2 amide bonds. The maximum atomic E-state index is 14.4. The molecule has 3 aliphatic rings. The third kappa shape index (κ3) is 8.77. The van der Waals surface area contributed by atoms with Crippen molar-refractivity contribution in [3.8, 4) is 17.9 Å². The SMILES string of the molecule is CC#Cc1sc(/C=C/CN2O[C@H](CC(CC)CC)C(=O)N3[C@@H]2CN([C@@H]2CCN(CCCCC)C2)C(=O)[C@@H]3CC(C)(C)C)nc1C#N. The van der Waals surface area contributed by atoms with Gasteiger partial charge in [0.1, 0.15) is 28.2 Å². The minimum absolute atomic E-state index is 0.0617. The third-order valence-corrected chi connectivity index (χ3v) is 10.5. The van der Waals surface area contributed by atoms with Crippen LogP contribution in [0.4, 0.5) is 0 Å². The zero-order valence-corrected chi connectivity index (χ0v) is 29.9. The fraction of sp³-hybridized carbons (Fsp3) is 0.722. The highest BCUT2D eigenvalue weighted by Crippen LogP contribution is 2.36. The van der Waals surface area contributed by atoms with Gasteiger partial charge in [0.25, 0.3) is 5.91 Å². The van der Waals surface area contributed by atoms with Gasteiger partial charge in [-0.3, -0.25) is 14.4 Å². The van der Waals surface area contributed by atoms with Gasteiger partial charge in [0.05, 0.1) is 6.54 Å². The molecule has 4 atom stereocenters. The van der Waals surface area contributed by atoms with Crippen LogP contribution in [0.2, 0.25) is 0 Å². The van der Waals surface area contributed by atoms with Crippen LogP contribution in [0.25, 0.3) is 6.08 Å². The van der Waals surface area contributed by atoms with Gasteiger partial charge in [-0.2, -0.15) is 10.3 Å². The van der Waals surface area contributed by atoms with Crippen LogP contribution in [-0.4, -0.2) is 93.6 Å². The van der Waals surface area contributed by atoms with E-state index in [1.807, 2.05) is 22.1 Å². The molecule has 1 aromatic heterocycles. The Morgan fingerprint density at radius 2 is 1.89 bits per heavy atom. The largest absolute Gasteiger partial charge is 0.333 e. The van der Waals surface area contributed by atoms with Gasteiger partial charge < -0.3 is 14.7 Å². The Hall–Kier alpha value is -2.76. The van der Waals surface area contributed by atoms with Crippen LogP contribution >= 0.6 is 11.3 Å². The molecule has 3 saturated heterocycles. The summed E-state index contributed by atoms with van der Waals surface area (Å²) in [4.78, 5) is 46.9. The number of hydrogen-bond donors (Lipinski definition) is 0. The standard InChI is InChI=1S/C36H54N6O3S/c1-8-12-13-18-39-20-17-27(24-39)40-25-33-41(19-14-16-32-38-28(23-37)31(46-32)15-9-2)45-30(21-26(10-3)11-4)35(44)42(33)29(34(40)43)22-36(5,6)7/h14,16,26-27,29-30,33H,8,10-13,17-22,24-25H2,1-7H3/b16-14+/t27-,29+,30-,33-/m1/s1. The monoisotopic (exact) mass is 650 g/mol. The fourth-order valence-electron chi connectivity index (χ4n) is 6.97. The number of unbranched alkanes of at least 4 members (excludes halogenated alkanes) is 2. The molecular weight excluding hydrogens is 597 g/mol. The lowest BCUT2D eigenvalue weighted by atomic mass is 9.85. The molecule has 0 saturated carbocycles. The summed E-state index contributed by atoms with van der Waals surface area (Å²) in [5, 5.41) is 12.1. The highest BCUT2D eigenvalue weighted by Gasteiger charge is 2.53. The molecule has 1 aromatic rings. The lowest BCUT2D eigenvalue weighted by Crippen LogP contribution is -2.74. The average Bonchev–Trinajstić information content (AvgIpc) is 3.65. The second kappa shape index (κ2) is 16.4. The molecule has 252 valence electrons. The summed E-state index contributed by atoms with van der Waals surface area (Å²) in [5.41, 5.74) is 0.189. The number of likely N-dealkylation sites (tertiary alicyclic amines) is 1. The van der Waals surface area contributed by atoms with Crippen molar-refractivity contribution in [1.82, 2.24) is 24.7 Å². The van der Waals surface area contributed by atoms with E-state index in [1.54, 1.807) is 6.92 Å². The molecule has 0 radical (unpaired) electrons. The van der Waals surface area contributed by atoms with E-state index in [0.717, 1.165) is 38.9 Å². The van der Waals surface area contributed by atoms with E-state index in [2.05, 4.69) is 74.2 Å². The molecule has 4 rings (SSSR count). The van der Waals surface area contributed by atoms with Crippen LogP contribution in [0.5, 0.6) is 0 Å². The first-order valence-corrected chi connectivity index (χ1v) is 18.1. The normalized spacial score (nSPS) is 24.5. The molecule has 0 spiro atoms. The van der Waals surface area contributed by atoms with Crippen molar-refractivity contribution in [3.63, 3.8) is 0 Å². The molecule has 10 heteroatoms. The van der Waals surface area contributed by atoms with E-state index < -0.39 is 12.1 Å². The van der Waals surface area contributed by atoms with Crippen LogP contribution in [0.15, 0.2) is 6.08 Å². The van der Waals surface area contributed by atoms with Gasteiger partial charge in [-0.15, -0.1) is 17.3 Å². The zero-order valence-electron chi connectivity index (χ0n) is 29.1. The maximum Gasteiger partial charge on any atom is 0.255 e. The van der Waals surface area contributed by atoms with Crippen molar-refractivity contribution >= 4 is 29.2 Å². The second-order valence-corrected chi connectivity index (χ2v) is 15.2. The molecule has 4 heterocycles. The number of aromatic nitrogens is 1. The topological polar surface area (TPSA) is 93.0 Å². The molecule has 3 fully saturated rings. The van der Waals surface area contributed by atoms with Crippen molar-refractivity contribution in [2.45, 2.75) is 124 Å². The Bertz CT molecular complexity index is 1330. The highest BCUT2D eigenvalue weighted by atomic mass is 32.1. The molecular formula is C36H54N6O3S. The molecule has 0 bridgehead atoms. The van der Waals surface area contributed by atoms with Crippen molar-refractivity contribution in [2.24, 2.45) is 11.3 Å². The molecule has 3 aliphatic heterocycles. The number of nitriles is 1. The van der Waals surface area contributed by atoms with Crippen molar-refractivity contribution in [2.75, 3.05) is 32.7 Å². The van der Waals surface area contributed by atoms with Crippen LogP contribution in [0.1, 0.15) is 115 Å². The number of carbonyl (C=O) groups excluding carboxylic acids is 2. The minimum atomic E-state index is -0.631. The van der Waals surface area contributed by atoms with Crippen LogP contribution in [-0.2, 0) is 14.4 Å². The van der Waals surface area contributed by atoms with E-state index in [-0.39, 0.29) is 29.4 Å². The Balaban J connectivity index is 1.64. The number of carbonyl (C=O) groups is 2. The number of hydroxylamine groups is 2. The lowest BCUT2D eigenvalue weighted by molar-refractivity contribution is -0.286. The third-order valence-electron chi connectivity index (χ3n) is 9.52. The van der Waals surface area contributed by atoms with E-state index >= 15 is 0 Å². The number of fused-ring (bicyclic) bond motifs is 1. The number of amides is 2. The van der Waals surface area contributed by atoms with Crippen LogP contribution < -0.4 is 0 Å². The molecule has 0 unspecified atom stereocenters. The fourth-order valence-corrected chi connectivity index (χ4v) is 7.82. The first kappa shape index (κ1) is 36.1. The summed E-state index contributed by atoms with van der Waals surface area (Å²) in [5.74, 6) is 6.20. The summed E-state index contributed by atoms with van der Waals surface area (Å²) in [7, 11) is 0. The molecule has 0 N–H and O–H groups in total. The van der Waals surface area contributed by atoms with Gasteiger partial charge in [0, 0.05) is 25.7 Å². The Labute approximate surface area is 280 Å². The first-order valence-electron chi connectivity index (χ1n) is 17.3. The second-order valence-electron chi connectivity index (χ2n) is 14.2. The number of rotatable bonds is 13. The van der Waals surface area contributed by atoms with Crippen molar-refractivity contribution in [1.29, 1.82) is 5.26 Å². The molecule has 0 aliphatic carbocycles. The summed E-state index contributed by atoms with van der Waals surface area (Å²) >= 11 is 1.39. The Morgan fingerprint density at radius 3 is 2.54 bits per heavy atom. The summed E-state index contributed by atoms with van der Waals surface area (Å²) < 4.78 is 0. The van der Waals surface area contributed by atoms with Gasteiger partial charge in [-0.1, -0.05) is 79.2 Å². The van der Waals surface area contributed by atoms with Gasteiger partial charge in [0.15, 0.2) is 11.8 Å². The minimum Gasteiger partial charge on any atom is -0.333 e. The lowest BCUT2D eigenvalue weighted by Gasteiger charge is -2.55. The highest BCUT2D eigenvalue weighted by molar-refractivity contribution is 7.13. The predicted octanol–water partition coefficient (Wildman–Crippen LogP) is 5.91. The number of nitrogens with zero attached hydrogens (tertiary/aromatic N) is 6. The van der Waals surface area contributed by atoms with Gasteiger partial charge in [-0.25, -0.2) is 4.98 Å². The molecule has 9 nitrogen and oxygen atoms in total. The average molecular weight is 651 g/mol. The van der Waals surface area contributed by atoms with Gasteiger partial charge in [-0.05, 0) is 56.6 Å². The molecule has 0 aromatic carbocycles. The number of hydrogen-bond acceptors (Lipinski definition) is 8. The van der Waals surface area contributed by atoms with E-state index in [4.69, 9.17) is 4.84 Å². The number of piperazine rings is 1. The van der Waals surface area contributed by atoms with Gasteiger partial charge in [0.2, 0.25) is 5.91 Å². The van der Waals surface area contributed by atoms with Crippen molar-refractivity contribution in [3.05, 3.63) is 21.7 Å². The van der Waals surface area contributed by atoms with Crippen LogP contribution in [0, 0.1) is 34.5 Å². The number of thiazole rings is 1.